The van der Waals surface area contributed by atoms with Crippen LogP contribution in [0.2, 0.25) is 5.02 Å². The number of halogens is 2. The van der Waals surface area contributed by atoms with Gasteiger partial charge in [0.25, 0.3) is 0 Å². The number of benzene rings is 1. The molecular formula is C15H23Cl2N3O3S. The van der Waals surface area contributed by atoms with Gasteiger partial charge in [0.15, 0.2) is 0 Å². The molecule has 1 fully saturated rings. The highest BCUT2D eigenvalue weighted by Gasteiger charge is 2.25. The molecule has 136 valence electrons. The molecule has 0 bridgehead atoms. The number of rotatable bonds is 6. The number of hydrogen-bond acceptors (Lipinski definition) is 4. The van der Waals surface area contributed by atoms with Gasteiger partial charge in [0.1, 0.15) is 0 Å². The lowest BCUT2D eigenvalue weighted by Gasteiger charge is -2.25. The molecule has 1 amide bonds. The first kappa shape index (κ1) is 21.2. The van der Waals surface area contributed by atoms with Crippen molar-refractivity contribution in [2.24, 2.45) is 11.7 Å². The predicted molar refractivity (Wildman–Crippen MR) is 96.8 cm³/mol. The van der Waals surface area contributed by atoms with Crippen LogP contribution in [0.4, 0.5) is 0 Å². The fourth-order valence-corrected chi connectivity index (χ4v) is 4.03. The van der Waals surface area contributed by atoms with Crippen molar-refractivity contribution in [1.29, 1.82) is 0 Å². The molecule has 6 nitrogen and oxygen atoms in total. The molecule has 24 heavy (non-hydrogen) atoms. The van der Waals surface area contributed by atoms with Crippen LogP contribution in [-0.2, 0) is 14.8 Å². The van der Waals surface area contributed by atoms with Gasteiger partial charge in [0, 0.05) is 30.1 Å². The number of amides is 1. The van der Waals surface area contributed by atoms with Crippen LogP contribution >= 0.6 is 24.0 Å². The van der Waals surface area contributed by atoms with Crippen LogP contribution in [0.3, 0.4) is 0 Å². The Hall–Kier alpha value is -0.860. The van der Waals surface area contributed by atoms with Crippen molar-refractivity contribution in [1.82, 2.24) is 10.0 Å². The normalized spacial score (nSPS) is 20.9. The third-order valence-corrected chi connectivity index (χ3v) is 5.60. The maximum Gasteiger partial charge on any atom is 0.240 e. The van der Waals surface area contributed by atoms with E-state index in [4.69, 9.17) is 17.3 Å². The molecule has 2 atom stereocenters. The molecule has 4 N–H and O–H groups in total. The van der Waals surface area contributed by atoms with Crippen molar-refractivity contribution in [2.45, 2.75) is 36.6 Å². The van der Waals surface area contributed by atoms with Crippen LogP contribution in [0.15, 0.2) is 29.2 Å². The predicted octanol–water partition coefficient (Wildman–Crippen LogP) is 1.67. The van der Waals surface area contributed by atoms with Crippen molar-refractivity contribution in [3.05, 3.63) is 29.3 Å². The number of nitrogens with one attached hydrogen (secondary N) is 2. The van der Waals surface area contributed by atoms with E-state index in [2.05, 4.69) is 10.0 Å². The average molecular weight is 396 g/mol. The lowest BCUT2D eigenvalue weighted by atomic mass is 9.85. The van der Waals surface area contributed by atoms with Crippen LogP contribution in [0, 0.1) is 5.92 Å². The van der Waals surface area contributed by atoms with Crippen molar-refractivity contribution in [3.63, 3.8) is 0 Å². The Morgan fingerprint density at radius 3 is 2.71 bits per heavy atom. The Kier molecular flexibility index (Phi) is 8.45. The van der Waals surface area contributed by atoms with Crippen LogP contribution in [-0.4, -0.2) is 33.5 Å². The average Bonchev–Trinajstić information content (AvgIpc) is 2.51. The molecule has 2 rings (SSSR count). The maximum absolute atomic E-state index is 12.1. The van der Waals surface area contributed by atoms with Gasteiger partial charge < -0.3 is 11.1 Å². The first-order valence-electron chi connectivity index (χ1n) is 7.67. The standard InChI is InChI=1S/C15H22ClN3O3S.ClH/c16-12-4-2-6-14(10-12)23(21,22)19-8-7-18-15(20)11-3-1-5-13(17)9-11;/h2,4,6,10-11,13,19H,1,3,5,7-9,17H2,(H,18,20);1H. The second kappa shape index (κ2) is 9.58. The Morgan fingerprint density at radius 1 is 1.29 bits per heavy atom. The van der Waals surface area contributed by atoms with Crippen LogP contribution < -0.4 is 15.8 Å². The molecule has 0 heterocycles. The topological polar surface area (TPSA) is 101 Å². The van der Waals surface area contributed by atoms with Gasteiger partial charge in [-0.3, -0.25) is 4.79 Å². The molecule has 0 radical (unpaired) electrons. The van der Waals surface area contributed by atoms with Crippen LogP contribution in [0.5, 0.6) is 0 Å². The Balaban J connectivity index is 0.00000288. The third kappa shape index (κ3) is 6.22. The van der Waals surface area contributed by atoms with E-state index >= 15 is 0 Å². The first-order valence-corrected chi connectivity index (χ1v) is 9.53. The van der Waals surface area contributed by atoms with E-state index in [1.54, 1.807) is 12.1 Å². The largest absolute Gasteiger partial charge is 0.355 e. The minimum absolute atomic E-state index is 0. The maximum atomic E-state index is 12.1. The van der Waals surface area contributed by atoms with Crippen molar-refractivity contribution < 1.29 is 13.2 Å². The summed E-state index contributed by atoms with van der Waals surface area (Å²) >= 11 is 5.79. The summed E-state index contributed by atoms with van der Waals surface area (Å²) < 4.78 is 26.6. The molecule has 1 aromatic carbocycles. The van der Waals surface area contributed by atoms with Gasteiger partial charge in [-0.25, -0.2) is 13.1 Å². The van der Waals surface area contributed by atoms with E-state index in [0.29, 0.717) is 11.4 Å². The summed E-state index contributed by atoms with van der Waals surface area (Å²) in [6.45, 7) is 0.365. The molecular weight excluding hydrogens is 373 g/mol. The van der Waals surface area contributed by atoms with E-state index in [-0.39, 0.29) is 48.3 Å². The van der Waals surface area contributed by atoms with E-state index < -0.39 is 10.0 Å². The second-order valence-electron chi connectivity index (χ2n) is 5.77. The molecule has 0 aliphatic heterocycles. The molecule has 1 aliphatic carbocycles. The minimum Gasteiger partial charge on any atom is -0.355 e. The Labute approximate surface area is 154 Å². The van der Waals surface area contributed by atoms with Gasteiger partial charge in [-0.05, 0) is 37.5 Å². The van der Waals surface area contributed by atoms with Crippen molar-refractivity contribution >= 4 is 39.9 Å². The Morgan fingerprint density at radius 2 is 2.04 bits per heavy atom. The van der Waals surface area contributed by atoms with Gasteiger partial charge in [0.05, 0.1) is 4.90 Å². The van der Waals surface area contributed by atoms with Gasteiger partial charge >= 0.3 is 0 Å². The zero-order chi connectivity index (χ0) is 16.9. The summed E-state index contributed by atoms with van der Waals surface area (Å²) in [7, 11) is -3.62. The number of hydrogen-bond donors (Lipinski definition) is 3. The number of nitrogens with two attached hydrogens (primary N) is 1. The molecule has 1 aromatic rings. The second-order valence-corrected chi connectivity index (χ2v) is 7.97. The Bertz CT molecular complexity index is 655. The van der Waals surface area contributed by atoms with Crippen molar-refractivity contribution in [3.8, 4) is 0 Å². The van der Waals surface area contributed by atoms with Gasteiger partial charge in [-0.2, -0.15) is 0 Å². The molecule has 2 unspecified atom stereocenters. The zero-order valence-corrected chi connectivity index (χ0v) is 15.6. The zero-order valence-electron chi connectivity index (χ0n) is 13.2. The summed E-state index contributed by atoms with van der Waals surface area (Å²) in [6, 6.07) is 6.11. The highest BCUT2D eigenvalue weighted by Crippen LogP contribution is 2.23. The van der Waals surface area contributed by atoms with Gasteiger partial charge in [-0.1, -0.05) is 24.1 Å². The fourth-order valence-electron chi connectivity index (χ4n) is 2.70. The van der Waals surface area contributed by atoms with Crippen molar-refractivity contribution in [2.75, 3.05) is 13.1 Å². The third-order valence-electron chi connectivity index (χ3n) is 3.91. The summed E-state index contributed by atoms with van der Waals surface area (Å²) in [6.07, 6.45) is 3.46. The fraction of sp³-hybridized carbons (Fsp3) is 0.533. The summed E-state index contributed by atoms with van der Waals surface area (Å²) in [4.78, 5) is 12.1. The summed E-state index contributed by atoms with van der Waals surface area (Å²) in [5, 5.41) is 3.12. The number of carbonyl (C=O) groups is 1. The molecule has 0 aromatic heterocycles. The van der Waals surface area contributed by atoms with Gasteiger partial charge in [-0.15, -0.1) is 12.4 Å². The van der Waals surface area contributed by atoms with E-state index in [1.807, 2.05) is 0 Å². The highest BCUT2D eigenvalue weighted by atomic mass is 35.5. The van der Waals surface area contributed by atoms with E-state index in [9.17, 15) is 13.2 Å². The summed E-state index contributed by atoms with van der Waals surface area (Å²) in [5.41, 5.74) is 5.87. The first-order chi connectivity index (χ1) is 10.9. The lowest BCUT2D eigenvalue weighted by Crippen LogP contribution is -2.40. The van der Waals surface area contributed by atoms with Gasteiger partial charge in [0.2, 0.25) is 15.9 Å². The molecule has 0 spiro atoms. The quantitative estimate of drug-likeness (QED) is 0.637. The lowest BCUT2D eigenvalue weighted by molar-refractivity contribution is -0.126. The SMILES string of the molecule is Cl.NC1CCCC(C(=O)NCCNS(=O)(=O)c2cccc(Cl)c2)C1. The van der Waals surface area contributed by atoms with Crippen LogP contribution in [0.25, 0.3) is 0 Å². The molecule has 9 heteroatoms. The molecule has 1 saturated carbocycles. The van der Waals surface area contributed by atoms with E-state index in [0.717, 1.165) is 19.3 Å². The molecule has 1 aliphatic rings. The number of sulfonamides is 1. The highest BCUT2D eigenvalue weighted by molar-refractivity contribution is 7.89. The molecule has 0 saturated heterocycles. The van der Waals surface area contributed by atoms with E-state index in [1.165, 1.54) is 12.1 Å². The van der Waals surface area contributed by atoms with Crippen LogP contribution in [0.1, 0.15) is 25.7 Å². The smallest absolute Gasteiger partial charge is 0.240 e. The summed E-state index contributed by atoms with van der Waals surface area (Å²) in [5.74, 6) is -0.120. The minimum atomic E-state index is -3.62. The monoisotopic (exact) mass is 395 g/mol. The number of carbonyl (C=O) groups excluding carboxylic acids is 1.